The average Bonchev–Trinajstić information content (AvgIpc) is 3.28. The van der Waals surface area contributed by atoms with Crippen LogP contribution in [0.25, 0.3) is 4.96 Å². The van der Waals surface area contributed by atoms with Gasteiger partial charge >= 0.3 is 0 Å². The molecule has 0 amide bonds. The lowest BCUT2D eigenvalue weighted by atomic mass is 10.0. The van der Waals surface area contributed by atoms with Crippen LogP contribution in [0.4, 0.5) is 5.69 Å². The lowest BCUT2D eigenvalue weighted by Gasteiger charge is -2.40. The second-order valence-electron chi connectivity index (χ2n) is 7.46. The molecule has 1 fully saturated rings. The average molecular weight is 440 g/mol. The van der Waals surface area contributed by atoms with Gasteiger partial charge in [0, 0.05) is 36.9 Å². The summed E-state index contributed by atoms with van der Waals surface area (Å²) in [6.45, 7) is 5.45. The second-order valence-corrected chi connectivity index (χ2v) is 8.90. The molecule has 0 bridgehead atoms. The maximum Gasteiger partial charge on any atom is 0.230 e. The van der Waals surface area contributed by atoms with Crippen molar-refractivity contribution in [1.29, 1.82) is 0 Å². The summed E-state index contributed by atoms with van der Waals surface area (Å²) in [5.74, 6) is 0.823. The molecule has 4 aromatic rings. The lowest BCUT2D eigenvalue weighted by molar-refractivity contribution is 0.211. The number of aryl methyl sites for hydroxylation is 1. The molecule has 30 heavy (non-hydrogen) atoms. The van der Waals surface area contributed by atoms with E-state index in [1.165, 1.54) is 17.0 Å². The highest BCUT2D eigenvalue weighted by molar-refractivity contribution is 7.17. The number of rotatable bonds is 4. The van der Waals surface area contributed by atoms with E-state index >= 15 is 0 Å². The summed E-state index contributed by atoms with van der Waals surface area (Å²) in [7, 11) is 0. The molecule has 1 saturated heterocycles. The van der Waals surface area contributed by atoms with E-state index in [1.807, 2.05) is 37.3 Å². The van der Waals surface area contributed by atoms with Crippen molar-refractivity contribution in [3.8, 4) is 5.88 Å². The van der Waals surface area contributed by atoms with Crippen LogP contribution in [0, 0.1) is 6.92 Å². The molecule has 1 aliphatic rings. The predicted octanol–water partition coefficient (Wildman–Crippen LogP) is 4.37. The molecule has 1 aliphatic heterocycles. The van der Waals surface area contributed by atoms with Crippen LogP contribution >= 0.6 is 22.9 Å². The highest BCUT2D eigenvalue weighted by atomic mass is 35.5. The van der Waals surface area contributed by atoms with E-state index in [9.17, 15) is 5.11 Å². The third-order valence-electron chi connectivity index (χ3n) is 5.54. The van der Waals surface area contributed by atoms with Crippen molar-refractivity contribution in [3.05, 3.63) is 75.9 Å². The molecule has 2 aromatic carbocycles. The smallest absolute Gasteiger partial charge is 0.230 e. The number of halogens is 1. The largest absolute Gasteiger partial charge is 0.492 e. The summed E-state index contributed by atoms with van der Waals surface area (Å²) in [5.41, 5.74) is 2.35. The zero-order valence-electron chi connectivity index (χ0n) is 16.6. The number of fused-ring (bicyclic) bond motifs is 1. The van der Waals surface area contributed by atoms with Crippen LogP contribution in [0.2, 0.25) is 5.02 Å². The first-order valence-corrected chi connectivity index (χ1v) is 11.1. The minimum atomic E-state index is -0.0750. The Bertz CT molecular complexity index is 1150. The molecule has 0 radical (unpaired) electrons. The highest BCUT2D eigenvalue weighted by Crippen LogP contribution is 2.40. The molecule has 1 N–H and O–H groups in total. The van der Waals surface area contributed by atoms with E-state index in [-0.39, 0.29) is 11.9 Å². The summed E-state index contributed by atoms with van der Waals surface area (Å²) >= 11 is 7.63. The van der Waals surface area contributed by atoms with E-state index in [1.54, 1.807) is 4.52 Å². The van der Waals surface area contributed by atoms with Crippen molar-refractivity contribution in [1.82, 2.24) is 19.5 Å². The van der Waals surface area contributed by atoms with E-state index in [0.29, 0.717) is 15.8 Å². The van der Waals surface area contributed by atoms with Gasteiger partial charge in [-0.05, 0) is 36.8 Å². The molecule has 154 valence electrons. The molecule has 1 unspecified atom stereocenters. The van der Waals surface area contributed by atoms with Gasteiger partial charge in [-0.2, -0.15) is 4.52 Å². The fraction of sp³-hybridized carbons (Fsp3) is 0.273. The predicted molar refractivity (Wildman–Crippen MR) is 121 cm³/mol. The molecule has 8 heteroatoms. The van der Waals surface area contributed by atoms with Crippen molar-refractivity contribution in [3.63, 3.8) is 0 Å². The fourth-order valence-corrected chi connectivity index (χ4v) is 5.37. The molecular weight excluding hydrogens is 418 g/mol. The normalized spacial score (nSPS) is 16.3. The van der Waals surface area contributed by atoms with Gasteiger partial charge in [-0.15, -0.1) is 5.10 Å². The van der Waals surface area contributed by atoms with Crippen molar-refractivity contribution in [2.24, 2.45) is 0 Å². The number of nitrogens with zero attached hydrogens (tertiary/aromatic N) is 5. The molecule has 2 aromatic heterocycles. The number of piperazine rings is 1. The number of para-hydroxylation sites is 1. The Hall–Kier alpha value is -2.61. The third kappa shape index (κ3) is 3.53. The van der Waals surface area contributed by atoms with E-state index < -0.39 is 0 Å². The summed E-state index contributed by atoms with van der Waals surface area (Å²) in [5, 5.41) is 16.0. The minimum absolute atomic E-state index is 0.0750. The van der Waals surface area contributed by atoms with Crippen LogP contribution in [0.1, 0.15) is 22.3 Å². The highest BCUT2D eigenvalue weighted by Gasteiger charge is 2.31. The molecular formula is C22H22ClN5OS. The standard InChI is InChI=1S/C22H22ClN5OS/c1-15-24-22-28(25-15)21(29)20(30-22)19(16-7-9-17(23)10-8-16)27-13-11-26(12-14-27)18-5-3-2-4-6-18/h2-10,19,29H,11-14H2,1H3. The van der Waals surface area contributed by atoms with Gasteiger partial charge in [0.25, 0.3) is 0 Å². The van der Waals surface area contributed by atoms with Crippen molar-refractivity contribution < 1.29 is 5.11 Å². The Labute approximate surface area is 184 Å². The maximum atomic E-state index is 11.0. The van der Waals surface area contributed by atoms with Gasteiger partial charge in [-0.1, -0.05) is 53.3 Å². The van der Waals surface area contributed by atoms with Crippen LogP contribution in [0.15, 0.2) is 54.6 Å². The number of aromatic hydroxyl groups is 1. The zero-order valence-corrected chi connectivity index (χ0v) is 18.1. The first-order chi connectivity index (χ1) is 14.6. The van der Waals surface area contributed by atoms with Gasteiger partial charge in [0.05, 0.1) is 10.9 Å². The van der Waals surface area contributed by atoms with Crippen LogP contribution in [0.5, 0.6) is 5.88 Å². The second kappa shape index (κ2) is 7.91. The Balaban J connectivity index is 1.48. The van der Waals surface area contributed by atoms with Gasteiger partial charge in [0.15, 0.2) is 0 Å². The monoisotopic (exact) mass is 439 g/mol. The van der Waals surface area contributed by atoms with Gasteiger partial charge in [-0.25, -0.2) is 4.98 Å². The van der Waals surface area contributed by atoms with Crippen LogP contribution in [-0.2, 0) is 0 Å². The minimum Gasteiger partial charge on any atom is -0.492 e. The summed E-state index contributed by atoms with van der Waals surface area (Å²) in [6, 6.07) is 18.3. The van der Waals surface area contributed by atoms with Crippen LogP contribution < -0.4 is 4.90 Å². The Kier molecular flexibility index (Phi) is 5.10. The summed E-state index contributed by atoms with van der Waals surface area (Å²) in [6.07, 6.45) is 0. The van der Waals surface area contributed by atoms with Gasteiger partial charge in [-0.3, -0.25) is 4.90 Å². The summed E-state index contributed by atoms with van der Waals surface area (Å²) < 4.78 is 1.54. The lowest BCUT2D eigenvalue weighted by Crippen LogP contribution is -2.47. The van der Waals surface area contributed by atoms with Crippen molar-refractivity contribution in [2.45, 2.75) is 13.0 Å². The van der Waals surface area contributed by atoms with Crippen LogP contribution in [0.3, 0.4) is 0 Å². The van der Waals surface area contributed by atoms with Crippen molar-refractivity contribution in [2.75, 3.05) is 31.1 Å². The number of thiazole rings is 1. The fourth-order valence-electron chi connectivity index (χ4n) is 4.08. The van der Waals surface area contributed by atoms with E-state index in [4.69, 9.17) is 11.6 Å². The number of benzene rings is 2. The zero-order chi connectivity index (χ0) is 20.7. The quantitative estimate of drug-likeness (QED) is 0.511. The van der Waals surface area contributed by atoms with Gasteiger partial charge < -0.3 is 10.0 Å². The van der Waals surface area contributed by atoms with Gasteiger partial charge in [0.2, 0.25) is 10.8 Å². The Morgan fingerprint density at radius 3 is 2.37 bits per heavy atom. The first-order valence-electron chi connectivity index (χ1n) is 9.94. The third-order valence-corrected chi connectivity index (χ3v) is 6.86. The van der Waals surface area contributed by atoms with Crippen molar-refractivity contribution >= 4 is 33.6 Å². The molecule has 5 rings (SSSR count). The van der Waals surface area contributed by atoms with E-state index in [0.717, 1.165) is 36.6 Å². The SMILES string of the molecule is Cc1nc2sc(C(c3ccc(Cl)cc3)N3CCN(c4ccccc4)CC3)c(O)n2n1. The molecule has 0 saturated carbocycles. The Morgan fingerprint density at radius 2 is 1.70 bits per heavy atom. The maximum absolute atomic E-state index is 11.0. The first kappa shape index (κ1) is 19.4. The number of aromatic nitrogens is 3. The molecule has 6 nitrogen and oxygen atoms in total. The Morgan fingerprint density at radius 1 is 1.00 bits per heavy atom. The molecule has 0 aliphatic carbocycles. The molecule has 1 atom stereocenters. The van der Waals surface area contributed by atoms with Gasteiger partial charge in [0.1, 0.15) is 5.82 Å². The van der Waals surface area contributed by atoms with Crippen LogP contribution in [-0.4, -0.2) is 50.8 Å². The number of hydrogen-bond acceptors (Lipinski definition) is 6. The molecule has 3 heterocycles. The van der Waals surface area contributed by atoms with E-state index in [2.05, 4.69) is 44.1 Å². The topological polar surface area (TPSA) is 56.9 Å². The summed E-state index contributed by atoms with van der Waals surface area (Å²) in [4.78, 5) is 10.8. The number of anilines is 1. The molecule has 0 spiro atoms. The number of hydrogen-bond donors (Lipinski definition) is 1.